The van der Waals surface area contributed by atoms with Crippen molar-refractivity contribution in [2.75, 3.05) is 25.6 Å². The van der Waals surface area contributed by atoms with E-state index >= 15 is 0 Å². The highest BCUT2D eigenvalue weighted by molar-refractivity contribution is 5.72. The zero-order valence-corrected chi connectivity index (χ0v) is 18.8. The minimum atomic E-state index is -4.46. The van der Waals surface area contributed by atoms with E-state index in [1.54, 1.807) is 31.5 Å². The monoisotopic (exact) mass is 479 g/mol. The van der Waals surface area contributed by atoms with Crippen molar-refractivity contribution in [3.63, 3.8) is 0 Å². The Kier molecular flexibility index (Phi) is 8.05. The molecule has 3 rings (SSSR count). The van der Waals surface area contributed by atoms with Crippen molar-refractivity contribution in [1.82, 2.24) is 19.5 Å². The molecule has 0 unspecified atom stereocenters. The fourth-order valence-corrected chi connectivity index (χ4v) is 3.06. The molecule has 0 saturated carbocycles. The van der Waals surface area contributed by atoms with Crippen LogP contribution in [0.4, 0.5) is 24.8 Å². The van der Waals surface area contributed by atoms with Gasteiger partial charge in [-0.1, -0.05) is 0 Å². The number of ether oxygens (including phenoxy) is 3. The van der Waals surface area contributed by atoms with Gasteiger partial charge < -0.3 is 24.1 Å². The van der Waals surface area contributed by atoms with Crippen molar-refractivity contribution in [3.05, 3.63) is 53.9 Å². The smallest absolute Gasteiger partial charge is 0.411 e. The zero-order chi connectivity index (χ0) is 24.7. The fraction of sp³-hybridized carbons (Fsp3) is 0.364. The van der Waals surface area contributed by atoms with Crippen LogP contribution >= 0.6 is 0 Å². The van der Waals surface area contributed by atoms with E-state index in [0.29, 0.717) is 11.4 Å². The fourth-order valence-electron chi connectivity index (χ4n) is 3.06. The number of nitrogens with one attached hydrogen (secondary N) is 1. The predicted molar refractivity (Wildman–Crippen MR) is 116 cm³/mol. The number of imidazole rings is 1. The van der Waals surface area contributed by atoms with Gasteiger partial charge in [0.05, 0.1) is 55.8 Å². The van der Waals surface area contributed by atoms with E-state index in [1.807, 2.05) is 17.7 Å². The number of aryl methyl sites for hydroxylation is 1. The van der Waals surface area contributed by atoms with E-state index < -0.39 is 25.4 Å². The van der Waals surface area contributed by atoms with Crippen molar-refractivity contribution >= 4 is 17.6 Å². The van der Waals surface area contributed by atoms with Crippen molar-refractivity contribution < 1.29 is 32.2 Å². The highest BCUT2D eigenvalue weighted by Gasteiger charge is 2.27. The van der Waals surface area contributed by atoms with Gasteiger partial charge in [0.2, 0.25) is 5.95 Å². The summed E-state index contributed by atoms with van der Waals surface area (Å²) in [4.78, 5) is 24.6. The van der Waals surface area contributed by atoms with Gasteiger partial charge in [-0.3, -0.25) is 4.79 Å². The van der Waals surface area contributed by atoms with Gasteiger partial charge in [0.15, 0.2) is 0 Å². The van der Waals surface area contributed by atoms with E-state index in [9.17, 15) is 18.0 Å². The molecule has 0 spiro atoms. The Morgan fingerprint density at radius 2 is 1.94 bits per heavy atom. The Balaban J connectivity index is 1.85. The van der Waals surface area contributed by atoms with Crippen LogP contribution in [0.3, 0.4) is 0 Å². The number of carbonyl (C=O) groups excluding carboxylic acids is 1. The van der Waals surface area contributed by atoms with Crippen molar-refractivity contribution in [1.29, 1.82) is 0 Å². The summed E-state index contributed by atoms with van der Waals surface area (Å²) in [6, 6.07) is 6.68. The van der Waals surface area contributed by atoms with Gasteiger partial charge in [0, 0.05) is 18.0 Å². The topological polar surface area (TPSA) is 100 Å². The molecule has 9 nitrogen and oxygen atoms in total. The molecule has 0 fully saturated rings. The van der Waals surface area contributed by atoms with Gasteiger partial charge in [0.1, 0.15) is 12.4 Å². The summed E-state index contributed by atoms with van der Waals surface area (Å²) >= 11 is 0. The minimum absolute atomic E-state index is 0.0840. The molecule has 34 heavy (non-hydrogen) atoms. The van der Waals surface area contributed by atoms with Crippen LogP contribution in [0, 0.1) is 6.92 Å². The molecule has 3 aromatic rings. The second-order valence-corrected chi connectivity index (χ2v) is 7.20. The second kappa shape index (κ2) is 11.0. The highest BCUT2D eigenvalue weighted by Crippen LogP contribution is 2.28. The average Bonchev–Trinajstić information content (AvgIpc) is 3.18. The first-order chi connectivity index (χ1) is 16.2. The highest BCUT2D eigenvalue weighted by atomic mass is 19.4. The first-order valence-corrected chi connectivity index (χ1v) is 10.3. The van der Waals surface area contributed by atoms with Crippen molar-refractivity contribution in [2.45, 2.75) is 33.1 Å². The first-order valence-electron chi connectivity index (χ1n) is 10.3. The molecule has 2 heterocycles. The quantitative estimate of drug-likeness (QED) is 0.437. The maximum Gasteiger partial charge on any atom is 0.411 e. The number of hydrogen-bond donors (Lipinski definition) is 1. The molecular formula is C22H24F3N5O4. The van der Waals surface area contributed by atoms with E-state index in [4.69, 9.17) is 14.2 Å². The summed E-state index contributed by atoms with van der Waals surface area (Å²) < 4.78 is 54.3. The predicted octanol–water partition coefficient (Wildman–Crippen LogP) is 3.91. The summed E-state index contributed by atoms with van der Waals surface area (Å²) in [6.07, 6.45) is -1.12. The van der Waals surface area contributed by atoms with Crippen LogP contribution in [-0.2, 0) is 27.3 Å². The SMILES string of the molecule is CCOC(=O)Cc1cc(COCC(F)(F)F)nc(Nc2ccc(-n3cnc(C)c3)c(OC)c2)n1. The molecule has 0 atom stereocenters. The number of methoxy groups -OCH3 is 1. The molecule has 0 amide bonds. The molecule has 0 radical (unpaired) electrons. The van der Waals surface area contributed by atoms with E-state index in [-0.39, 0.29) is 30.4 Å². The largest absolute Gasteiger partial charge is 0.494 e. The van der Waals surface area contributed by atoms with Gasteiger partial charge in [-0.2, -0.15) is 13.2 Å². The van der Waals surface area contributed by atoms with Crippen LogP contribution in [0.2, 0.25) is 0 Å². The number of aromatic nitrogens is 4. The third-order valence-electron chi connectivity index (χ3n) is 4.40. The number of carbonyl (C=O) groups is 1. The number of benzene rings is 1. The number of nitrogens with zero attached hydrogens (tertiary/aromatic N) is 4. The maximum atomic E-state index is 12.4. The molecular weight excluding hydrogens is 455 g/mol. The Labute approximate surface area is 193 Å². The lowest BCUT2D eigenvalue weighted by molar-refractivity contribution is -0.176. The molecule has 0 aliphatic heterocycles. The lowest BCUT2D eigenvalue weighted by atomic mass is 10.2. The number of rotatable bonds is 10. The molecule has 1 N–H and O–H groups in total. The number of hydrogen-bond acceptors (Lipinski definition) is 8. The molecule has 1 aromatic carbocycles. The van der Waals surface area contributed by atoms with Gasteiger partial charge in [-0.05, 0) is 32.0 Å². The van der Waals surface area contributed by atoms with E-state index in [0.717, 1.165) is 11.4 Å². The van der Waals surface area contributed by atoms with Gasteiger partial charge >= 0.3 is 12.1 Å². The lowest BCUT2D eigenvalue weighted by Crippen LogP contribution is -2.17. The third kappa shape index (κ3) is 7.17. The summed E-state index contributed by atoms with van der Waals surface area (Å²) in [6.45, 7) is 1.91. The number of anilines is 2. The summed E-state index contributed by atoms with van der Waals surface area (Å²) in [5, 5.41) is 3.00. The van der Waals surface area contributed by atoms with Crippen LogP contribution in [0.15, 0.2) is 36.8 Å². The molecule has 0 aliphatic rings. The molecule has 12 heteroatoms. The van der Waals surface area contributed by atoms with Gasteiger partial charge in [-0.25, -0.2) is 15.0 Å². The molecule has 182 valence electrons. The van der Waals surface area contributed by atoms with Crippen LogP contribution in [-0.4, -0.2) is 52.0 Å². The lowest BCUT2D eigenvalue weighted by Gasteiger charge is -2.13. The minimum Gasteiger partial charge on any atom is -0.494 e. The number of esters is 1. The first kappa shape index (κ1) is 25.0. The molecule has 2 aromatic heterocycles. The Morgan fingerprint density at radius 1 is 1.18 bits per heavy atom. The van der Waals surface area contributed by atoms with E-state index in [2.05, 4.69) is 20.3 Å². The summed E-state index contributed by atoms with van der Waals surface area (Å²) in [7, 11) is 1.53. The average molecular weight is 479 g/mol. The number of alkyl halides is 3. The van der Waals surface area contributed by atoms with Crippen LogP contribution in [0.25, 0.3) is 5.69 Å². The molecule has 0 bridgehead atoms. The van der Waals surface area contributed by atoms with Crippen LogP contribution < -0.4 is 10.1 Å². The normalized spacial score (nSPS) is 11.4. The summed E-state index contributed by atoms with van der Waals surface area (Å²) in [5.74, 6) is 0.107. The molecule has 0 saturated heterocycles. The van der Waals surface area contributed by atoms with Crippen molar-refractivity contribution in [2.24, 2.45) is 0 Å². The van der Waals surface area contributed by atoms with Gasteiger partial charge in [0.25, 0.3) is 0 Å². The standard InChI is InChI=1S/C22H24F3N5O4/c1-4-34-20(31)9-16-7-17(11-33-12-22(23,24)25)29-21(28-16)27-15-5-6-18(19(8-15)32-3)30-10-14(2)26-13-30/h5-8,10,13H,4,9,11-12H2,1-3H3,(H,27,28,29). The third-order valence-corrected chi connectivity index (χ3v) is 4.40. The molecule has 0 aliphatic carbocycles. The van der Waals surface area contributed by atoms with Crippen LogP contribution in [0.5, 0.6) is 5.75 Å². The zero-order valence-electron chi connectivity index (χ0n) is 18.8. The summed E-state index contributed by atoms with van der Waals surface area (Å²) in [5.41, 5.74) is 2.62. The Morgan fingerprint density at radius 3 is 2.59 bits per heavy atom. The maximum absolute atomic E-state index is 12.4. The Hall–Kier alpha value is -3.67. The second-order valence-electron chi connectivity index (χ2n) is 7.20. The van der Waals surface area contributed by atoms with Crippen LogP contribution in [0.1, 0.15) is 24.0 Å². The van der Waals surface area contributed by atoms with Gasteiger partial charge in [-0.15, -0.1) is 0 Å². The number of halogens is 3. The van der Waals surface area contributed by atoms with E-state index in [1.165, 1.54) is 13.2 Å². The Bertz CT molecular complexity index is 1130. The van der Waals surface area contributed by atoms with Crippen molar-refractivity contribution in [3.8, 4) is 11.4 Å².